The molecule has 74 valence electrons. The topological polar surface area (TPSA) is 49.3 Å². The van der Waals surface area contributed by atoms with Crippen molar-refractivity contribution >= 4 is 11.5 Å². The van der Waals surface area contributed by atoms with E-state index in [0.29, 0.717) is 0 Å². The molecule has 0 fully saturated rings. The van der Waals surface area contributed by atoms with Crippen LogP contribution in [0.15, 0.2) is 36.0 Å². The lowest BCUT2D eigenvalue weighted by molar-refractivity contribution is -0.112. The van der Waals surface area contributed by atoms with E-state index in [1.807, 2.05) is 6.92 Å². The minimum absolute atomic E-state index is 0.00813. The van der Waals surface area contributed by atoms with Crippen molar-refractivity contribution in [3.63, 3.8) is 0 Å². The quantitative estimate of drug-likeness (QED) is 0.569. The van der Waals surface area contributed by atoms with Crippen LogP contribution in [-0.2, 0) is 4.79 Å². The van der Waals surface area contributed by atoms with E-state index < -0.39 is 0 Å². The molecule has 0 spiro atoms. The molecule has 3 heteroatoms. The molecule has 0 bridgehead atoms. The summed E-state index contributed by atoms with van der Waals surface area (Å²) in [6, 6.07) is 6.66. The van der Waals surface area contributed by atoms with E-state index in [9.17, 15) is 4.79 Å². The first-order chi connectivity index (χ1) is 6.58. The number of phenolic OH excluding ortho intramolecular Hbond substituents is 1. The highest BCUT2D eigenvalue weighted by Crippen LogP contribution is 2.15. The molecule has 0 aromatic heterocycles. The largest absolute Gasteiger partial charge is 0.508 e. The lowest BCUT2D eigenvalue weighted by Gasteiger charge is -2.05. The average Bonchev–Trinajstić information content (AvgIpc) is 2.07. The third-order valence-electron chi connectivity index (χ3n) is 1.63. The van der Waals surface area contributed by atoms with Crippen LogP contribution in [0.2, 0.25) is 0 Å². The molecule has 14 heavy (non-hydrogen) atoms. The Morgan fingerprint density at radius 1 is 1.29 bits per heavy atom. The number of nitrogens with one attached hydrogen (secondary N) is 1. The van der Waals surface area contributed by atoms with Gasteiger partial charge in [0.15, 0.2) is 5.78 Å². The predicted octanol–water partition coefficient (Wildman–Crippen LogP) is 2.30. The number of rotatable bonds is 3. The van der Waals surface area contributed by atoms with Gasteiger partial charge in [-0.15, -0.1) is 0 Å². The van der Waals surface area contributed by atoms with Gasteiger partial charge < -0.3 is 10.4 Å². The maximum atomic E-state index is 10.7. The van der Waals surface area contributed by atoms with Gasteiger partial charge in [0.25, 0.3) is 0 Å². The molecule has 0 atom stereocenters. The molecule has 1 aromatic rings. The Bertz CT molecular complexity index is 352. The monoisotopic (exact) mass is 191 g/mol. The average molecular weight is 191 g/mol. The van der Waals surface area contributed by atoms with E-state index in [2.05, 4.69) is 5.32 Å². The Labute approximate surface area is 83.1 Å². The van der Waals surface area contributed by atoms with Crippen LogP contribution in [-0.4, -0.2) is 10.9 Å². The van der Waals surface area contributed by atoms with Crippen LogP contribution in [0.3, 0.4) is 0 Å². The first-order valence-corrected chi connectivity index (χ1v) is 4.33. The molecule has 3 nitrogen and oxygen atoms in total. The van der Waals surface area contributed by atoms with E-state index in [-0.39, 0.29) is 11.5 Å². The summed E-state index contributed by atoms with van der Waals surface area (Å²) in [5.74, 6) is 0.234. The Kier molecular flexibility index (Phi) is 3.29. The molecular formula is C11H13NO2. The molecule has 0 saturated carbocycles. The first-order valence-electron chi connectivity index (χ1n) is 4.33. The molecule has 0 aliphatic rings. The van der Waals surface area contributed by atoms with Crippen molar-refractivity contribution in [3.05, 3.63) is 36.0 Å². The van der Waals surface area contributed by atoms with Crippen LogP contribution < -0.4 is 5.32 Å². The van der Waals surface area contributed by atoms with Crippen LogP contribution in [0.5, 0.6) is 5.75 Å². The maximum Gasteiger partial charge on any atom is 0.154 e. The van der Waals surface area contributed by atoms with Gasteiger partial charge in [-0.2, -0.15) is 0 Å². The molecule has 0 aliphatic heterocycles. The van der Waals surface area contributed by atoms with Crippen molar-refractivity contribution < 1.29 is 9.90 Å². The molecule has 0 aliphatic carbocycles. The number of carbonyl (C=O) groups is 1. The van der Waals surface area contributed by atoms with Gasteiger partial charge in [0, 0.05) is 11.4 Å². The number of carbonyl (C=O) groups excluding carboxylic acids is 1. The lowest BCUT2D eigenvalue weighted by atomic mass is 10.3. The maximum absolute atomic E-state index is 10.7. The molecule has 1 rings (SSSR count). The second-order valence-corrected chi connectivity index (χ2v) is 3.11. The van der Waals surface area contributed by atoms with Crippen molar-refractivity contribution in [2.45, 2.75) is 13.8 Å². The number of hydrogen-bond acceptors (Lipinski definition) is 3. The lowest BCUT2D eigenvalue weighted by Crippen LogP contribution is -1.97. The third kappa shape index (κ3) is 3.31. The third-order valence-corrected chi connectivity index (χ3v) is 1.63. The second-order valence-electron chi connectivity index (χ2n) is 3.11. The number of allylic oxidation sites excluding steroid dienone is 2. The van der Waals surface area contributed by atoms with E-state index >= 15 is 0 Å². The molecule has 0 radical (unpaired) electrons. The van der Waals surface area contributed by atoms with E-state index in [1.54, 1.807) is 24.3 Å². The summed E-state index contributed by atoms with van der Waals surface area (Å²) in [5, 5.41) is 12.1. The van der Waals surface area contributed by atoms with Gasteiger partial charge in [-0.1, -0.05) is 0 Å². The van der Waals surface area contributed by atoms with Crippen LogP contribution in [0.4, 0.5) is 5.69 Å². The number of anilines is 1. The zero-order valence-electron chi connectivity index (χ0n) is 8.24. The van der Waals surface area contributed by atoms with Gasteiger partial charge in [0.05, 0.1) is 0 Å². The normalized spacial score (nSPS) is 11.1. The van der Waals surface area contributed by atoms with Gasteiger partial charge in [0.1, 0.15) is 5.75 Å². The van der Waals surface area contributed by atoms with Crippen LogP contribution in [0.25, 0.3) is 0 Å². The number of hydrogen-bond donors (Lipinski definition) is 2. The molecule has 0 unspecified atom stereocenters. The van der Waals surface area contributed by atoms with Crippen LogP contribution >= 0.6 is 0 Å². The Morgan fingerprint density at radius 2 is 1.86 bits per heavy atom. The molecule has 2 N–H and O–H groups in total. The van der Waals surface area contributed by atoms with Crippen molar-refractivity contribution in [2.75, 3.05) is 5.32 Å². The van der Waals surface area contributed by atoms with Gasteiger partial charge in [-0.3, -0.25) is 4.79 Å². The standard InChI is InChI=1S/C11H13NO2/c1-8(7-9(2)13)12-10-3-5-11(14)6-4-10/h3-7,12,14H,1-2H3. The number of aromatic hydroxyl groups is 1. The minimum atomic E-state index is 0.00813. The molecule has 0 saturated heterocycles. The summed E-state index contributed by atoms with van der Waals surface area (Å²) in [6.45, 7) is 3.32. The number of benzene rings is 1. The molecular weight excluding hydrogens is 178 g/mol. The van der Waals surface area contributed by atoms with Crippen molar-refractivity contribution in [2.24, 2.45) is 0 Å². The van der Waals surface area contributed by atoms with Crippen LogP contribution in [0, 0.1) is 0 Å². The Morgan fingerprint density at radius 3 is 2.36 bits per heavy atom. The first kappa shape index (κ1) is 10.3. The fourth-order valence-corrected chi connectivity index (χ4v) is 1.11. The van der Waals surface area contributed by atoms with Gasteiger partial charge in [0.2, 0.25) is 0 Å². The van der Waals surface area contributed by atoms with Crippen LogP contribution in [0.1, 0.15) is 13.8 Å². The van der Waals surface area contributed by atoms with Gasteiger partial charge in [-0.05, 0) is 44.2 Å². The Hall–Kier alpha value is -1.77. The van der Waals surface area contributed by atoms with E-state index in [0.717, 1.165) is 11.4 Å². The van der Waals surface area contributed by atoms with Gasteiger partial charge >= 0.3 is 0 Å². The molecule has 1 aromatic carbocycles. The summed E-state index contributed by atoms with van der Waals surface area (Å²) in [5.41, 5.74) is 1.63. The summed E-state index contributed by atoms with van der Waals surface area (Å²) in [4.78, 5) is 10.7. The van der Waals surface area contributed by atoms with Crippen molar-refractivity contribution in [3.8, 4) is 5.75 Å². The van der Waals surface area contributed by atoms with Crippen molar-refractivity contribution in [1.29, 1.82) is 0 Å². The molecule has 0 heterocycles. The second kappa shape index (κ2) is 4.46. The fourth-order valence-electron chi connectivity index (χ4n) is 1.11. The zero-order chi connectivity index (χ0) is 10.6. The Balaban J connectivity index is 2.69. The van der Waals surface area contributed by atoms with Crippen molar-refractivity contribution in [1.82, 2.24) is 0 Å². The van der Waals surface area contributed by atoms with E-state index in [1.165, 1.54) is 13.0 Å². The highest BCUT2D eigenvalue weighted by atomic mass is 16.3. The highest BCUT2D eigenvalue weighted by molar-refractivity contribution is 5.88. The number of phenols is 1. The summed E-state index contributed by atoms with van der Waals surface area (Å²) < 4.78 is 0. The zero-order valence-corrected chi connectivity index (χ0v) is 8.24. The van der Waals surface area contributed by atoms with E-state index in [4.69, 9.17) is 5.11 Å². The minimum Gasteiger partial charge on any atom is -0.508 e. The highest BCUT2D eigenvalue weighted by Gasteiger charge is 1.94. The smallest absolute Gasteiger partial charge is 0.154 e. The fraction of sp³-hybridized carbons (Fsp3) is 0.182. The van der Waals surface area contributed by atoms with Gasteiger partial charge in [-0.25, -0.2) is 0 Å². The summed E-state index contributed by atoms with van der Waals surface area (Å²) in [7, 11) is 0. The molecule has 0 amide bonds. The number of ketones is 1. The predicted molar refractivity (Wildman–Crippen MR) is 56.2 cm³/mol. The summed E-state index contributed by atoms with van der Waals surface area (Å²) >= 11 is 0. The summed E-state index contributed by atoms with van der Waals surface area (Å²) in [6.07, 6.45) is 1.52. The SMILES string of the molecule is CC(=O)C=C(C)Nc1ccc(O)cc1.